The second-order valence-electron chi connectivity index (χ2n) is 5.72. The Balaban J connectivity index is 2.49. The topological polar surface area (TPSA) is 133 Å². The van der Waals surface area contributed by atoms with Gasteiger partial charge < -0.3 is 20.0 Å². The van der Waals surface area contributed by atoms with Crippen LogP contribution in [0.5, 0.6) is 0 Å². The molecular formula is C18H16N2O6. The third-order valence-electron chi connectivity index (χ3n) is 4.06. The number of nitrogens with zero attached hydrogens (tertiary/aromatic N) is 1. The van der Waals surface area contributed by atoms with Crippen LogP contribution in [0.3, 0.4) is 0 Å². The number of esters is 1. The highest BCUT2D eigenvalue weighted by Gasteiger charge is 2.21. The van der Waals surface area contributed by atoms with E-state index in [-0.39, 0.29) is 16.7 Å². The van der Waals surface area contributed by atoms with Crippen molar-refractivity contribution in [1.82, 2.24) is 4.98 Å². The molecule has 0 amide bonds. The van der Waals surface area contributed by atoms with Crippen molar-refractivity contribution in [3.8, 4) is 0 Å². The lowest BCUT2D eigenvalue weighted by Gasteiger charge is -2.11. The summed E-state index contributed by atoms with van der Waals surface area (Å²) < 4.78 is 10.2. The summed E-state index contributed by atoms with van der Waals surface area (Å²) in [6.07, 6.45) is 1.16. The first kappa shape index (κ1) is 17.4. The second-order valence-corrected chi connectivity index (χ2v) is 5.72. The van der Waals surface area contributed by atoms with E-state index in [0.717, 1.165) is 0 Å². The number of pyridine rings is 1. The van der Waals surface area contributed by atoms with Crippen LogP contribution in [0.4, 0.5) is 5.69 Å². The number of carboxylic acids is 1. The number of methoxy groups -OCH3 is 1. The summed E-state index contributed by atoms with van der Waals surface area (Å²) in [5, 5.41) is 10.0. The quantitative estimate of drug-likeness (QED) is 0.538. The van der Waals surface area contributed by atoms with E-state index < -0.39 is 28.8 Å². The molecule has 1 aromatic carbocycles. The Morgan fingerprint density at radius 3 is 2.69 bits per heavy atom. The lowest BCUT2D eigenvalue weighted by Crippen LogP contribution is -2.15. The average molecular weight is 356 g/mol. The molecule has 0 aliphatic rings. The lowest BCUT2D eigenvalue weighted by molar-refractivity contribution is 0.0593. The van der Waals surface area contributed by atoms with Gasteiger partial charge in [-0.05, 0) is 18.6 Å². The van der Waals surface area contributed by atoms with Gasteiger partial charge in [-0.15, -0.1) is 0 Å². The maximum atomic E-state index is 12.5. The van der Waals surface area contributed by atoms with Crippen molar-refractivity contribution in [3.63, 3.8) is 0 Å². The Morgan fingerprint density at radius 1 is 1.35 bits per heavy atom. The van der Waals surface area contributed by atoms with Crippen LogP contribution < -0.4 is 11.2 Å². The van der Waals surface area contributed by atoms with Gasteiger partial charge in [-0.25, -0.2) is 14.6 Å². The van der Waals surface area contributed by atoms with Crippen LogP contribution in [-0.2, 0) is 11.2 Å². The third-order valence-corrected chi connectivity index (χ3v) is 4.06. The van der Waals surface area contributed by atoms with Gasteiger partial charge in [0.05, 0.1) is 18.0 Å². The van der Waals surface area contributed by atoms with Crippen LogP contribution in [0.25, 0.3) is 21.9 Å². The SMILES string of the molecule is CCCc1c2nc(C(=O)OC)ccc2cc2c(=O)c(N)c(C(=O)O)oc12. The number of carboxylic acid groups (broad SMARTS) is 1. The number of benzene rings is 1. The van der Waals surface area contributed by atoms with Crippen molar-refractivity contribution in [3.05, 3.63) is 45.4 Å². The number of aromatic nitrogens is 1. The van der Waals surface area contributed by atoms with Crippen LogP contribution >= 0.6 is 0 Å². The molecule has 0 unspecified atom stereocenters. The molecule has 0 saturated heterocycles. The number of nitrogen functional groups attached to an aromatic ring is 1. The van der Waals surface area contributed by atoms with Gasteiger partial charge in [0, 0.05) is 10.9 Å². The minimum Gasteiger partial charge on any atom is -0.475 e. The Morgan fingerprint density at radius 2 is 2.08 bits per heavy atom. The van der Waals surface area contributed by atoms with Gasteiger partial charge in [-0.3, -0.25) is 4.79 Å². The number of anilines is 1. The molecule has 2 heterocycles. The summed E-state index contributed by atoms with van der Waals surface area (Å²) >= 11 is 0. The second kappa shape index (κ2) is 6.47. The fourth-order valence-electron chi connectivity index (χ4n) is 2.87. The first-order chi connectivity index (χ1) is 12.4. The van der Waals surface area contributed by atoms with Crippen molar-refractivity contribution in [2.75, 3.05) is 12.8 Å². The predicted octanol–water partition coefficient (Wildman–Crippen LogP) is 2.36. The third kappa shape index (κ3) is 2.65. The number of hydrogen-bond acceptors (Lipinski definition) is 7. The first-order valence-corrected chi connectivity index (χ1v) is 7.89. The van der Waals surface area contributed by atoms with E-state index in [2.05, 4.69) is 9.72 Å². The van der Waals surface area contributed by atoms with E-state index in [4.69, 9.17) is 10.2 Å². The maximum absolute atomic E-state index is 12.5. The number of fused-ring (bicyclic) bond motifs is 2. The molecule has 0 radical (unpaired) electrons. The Hall–Kier alpha value is -3.42. The van der Waals surface area contributed by atoms with Crippen LogP contribution in [0.15, 0.2) is 27.4 Å². The molecule has 3 aromatic rings. The number of carbonyl (C=O) groups excluding carboxylic acids is 1. The molecule has 8 heteroatoms. The van der Waals surface area contributed by atoms with E-state index >= 15 is 0 Å². The number of carbonyl (C=O) groups is 2. The molecule has 0 spiro atoms. The molecule has 2 aromatic heterocycles. The molecule has 0 aliphatic carbocycles. The summed E-state index contributed by atoms with van der Waals surface area (Å²) in [6, 6.07) is 4.67. The van der Waals surface area contributed by atoms with Crippen molar-refractivity contribution in [2.24, 2.45) is 0 Å². The highest BCUT2D eigenvalue weighted by molar-refractivity contribution is 6.02. The predicted molar refractivity (Wildman–Crippen MR) is 94.5 cm³/mol. The number of nitrogens with two attached hydrogens (primary N) is 1. The fourth-order valence-corrected chi connectivity index (χ4v) is 2.87. The lowest BCUT2D eigenvalue weighted by atomic mass is 10.0. The van der Waals surface area contributed by atoms with Crippen molar-refractivity contribution in [1.29, 1.82) is 0 Å². The zero-order valence-electron chi connectivity index (χ0n) is 14.2. The average Bonchev–Trinajstić information content (AvgIpc) is 2.63. The molecule has 0 saturated carbocycles. The smallest absolute Gasteiger partial charge is 0.374 e. The van der Waals surface area contributed by atoms with Crippen LogP contribution in [0, 0.1) is 0 Å². The molecular weight excluding hydrogens is 340 g/mol. The molecule has 134 valence electrons. The molecule has 3 rings (SSSR count). The van der Waals surface area contributed by atoms with Crippen LogP contribution in [-0.4, -0.2) is 29.1 Å². The Bertz CT molecular complexity index is 1120. The highest BCUT2D eigenvalue weighted by atomic mass is 16.5. The normalized spacial score (nSPS) is 11.0. The van der Waals surface area contributed by atoms with Gasteiger partial charge in [-0.1, -0.05) is 19.4 Å². The molecule has 3 N–H and O–H groups in total. The van der Waals surface area contributed by atoms with E-state index in [1.165, 1.54) is 19.2 Å². The summed E-state index contributed by atoms with van der Waals surface area (Å²) in [7, 11) is 1.25. The van der Waals surface area contributed by atoms with Gasteiger partial charge >= 0.3 is 11.9 Å². The van der Waals surface area contributed by atoms with Crippen LogP contribution in [0.2, 0.25) is 0 Å². The number of aryl methyl sites for hydroxylation is 1. The number of rotatable bonds is 4. The van der Waals surface area contributed by atoms with Gasteiger partial charge in [0.15, 0.2) is 0 Å². The summed E-state index contributed by atoms with van der Waals surface area (Å²) in [5.41, 5.74) is 5.79. The summed E-state index contributed by atoms with van der Waals surface area (Å²) in [4.78, 5) is 40.0. The van der Waals surface area contributed by atoms with Gasteiger partial charge in [0.2, 0.25) is 11.2 Å². The zero-order chi connectivity index (χ0) is 19.0. The minimum atomic E-state index is -1.43. The van der Waals surface area contributed by atoms with E-state index in [0.29, 0.717) is 29.3 Å². The number of aromatic carboxylic acids is 1. The Kier molecular flexibility index (Phi) is 4.33. The number of ether oxygens (including phenoxy) is 1. The molecule has 0 atom stereocenters. The fraction of sp³-hybridized carbons (Fsp3) is 0.222. The highest BCUT2D eigenvalue weighted by Crippen LogP contribution is 2.29. The molecule has 26 heavy (non-hydrogen) atoms. The largest absolute Gasteiger partial charge is 0.475 e. The van der Waals surface area contributed by atoms with Gasteiger partial charge in [-0.2, -0.15) is 0 Å². The van der Waals surface area contributed by atoms with E-state index in [1.54, 1.807) is 6.07 Å². The first-order valence-electron chi connectivity index (χ1n) is 7.89. The van der Waals surface area contributed by atoms with Crippen molar-refractivity contribution >= 4 is 39.5 Å². The Labute approximate surface area is 147 Å². The summed E-state index contributed by atoms with van der Waals surface area (Å²) in [5.74, 6) is -2.64. The van der Waals surface area contributed by atoms with E-state index in [1.807, 2.05) is 6.92 Å². The molecule has 0 fully saturated rings. The van der Waals surface area contributed by atoms with Crippen molar-refractivity contribution < 1.29 is 23.8 Å². The standard InChI is InChI=1S/C18H16N2O6/c1-3-4-9-13-8(5-6-11(20-13)18(24)25-2)7-10-14(21)12(19)16(17(22)23)26-15(9)10/h5-7H,3-4,19H2,1-2H3,(H,22,23). The molecule has 0 bridgehead atoms. The van der Waals surface area contributed by atoms with Crippen LogP contribution in [0.1, 0.15) is 40.0 Å². The zero-order valence-corrected chi connectivity index (χ0v) is 14.2. The van der Waals surface area contributed by atoms with Gasteiger partial charge in [0.1, 0.15) is 17.0 Å². The summed E-state index contributed by atoms with van der Waals surface area (Å²) in [6.45, 7) is 1.92. The maximum Gasteiger partial charge on any atom is 0.374 e. The molecule has 0 aliphatic heterocycles. The monoisotopic (exact) mass is 356 g/mol. The molecule has 8 nitrogen and oxygen atoms in total. The minimum absolute atomic E-state index is 0.105. The van der Waals surface area contributed by atoms with Crippen molar-refractivity contribution in [2.45, 2.75) is 19.8 Å². The number of hydrogen-bond donors (Lipinski definition) is 2. The van der Waals surface area contributed by atoms with E-state index in [9.17, 15) is 19.5 Å². The van der Waals surface area contributed by atoms with Gasteiger partial charge in [0.25, 0.3) is 0 Å².